The van der Waals surface area contributed by atoms with Crippen LogP contribution in [-0.4, -0.2) is 29.4 Å². The molecule has 2 atom stereocenters. The molecule has 0 aromatic rings. The number of carbonyl (C=O) groups excluding carboxylic acids is 2. The molecule has 1 fully saturated rings. The number of primary amides is 1. The molecule has 0 aromatic carbocycles. The van der Waals surface area contributed by atoms with E-state index in [-0.39, 0.29) is 11.8 Å². The summed E-state index contributed by atoms with van der Waals surface area (Å²) < 4.78 is 0. The van der Waals surface area contributed by atoms with Crippen LogP contribution in [0.3, 0.4) is 0 Å². The molecule has 1 saturated carbocycles. The Balaban J connectivity index is 2.13. The van der Waals surface area contributed by atoms with E-state index in [1.807, 2.05) is 0 Å². The second-order valence-corrected chi connectivity index (χ2v) is 5.81. The highest BCUT2D eigenvalue weighted by Gasteiger charge is 2.22. The standard InChI is InChI=1S/C12H22N2O2S/c1-9-4-2-3-5-10(9)14-12(16)6-7-17-8-11(13)15/h9-10H,2-8H2,1H3,(H2,13,15)(H,14,16)/t9-,10+/m1/s1. The van der Waals surface area contributed by atoms with Gasteiger partial charge in [-0.25, -0.2) is 0 Å². The molecule has 17 heavy (non-hydrogen) atoms. The summed E-state index contributed by atoms with van der Waals surface area (Å²) in [7, 11) is 0. The summed E-state index contributed by atoms with van der Waals surface area (Å²) in [6.45, 7) is 2.20. The maximum atomic E-state index is 11.7. The van der Waals surface area contributed by atoms with Gasteiger partial charge in [-0.1, -0.05) is 19.8 Å². The molecule has 0 aliphatic heterocycles. The predicted octanol–water partition coefficient (Wildman–Crippen LogP) is 1.29. The maximum Gasteiger partial charge on any atom is 0.227 e. The summed E-state index contributed by atoms with van der Waals surface area (Å²) in [5, 5.41) is 3.09. The van der Waals surface area contributed by atoms with Gasteiger partial charge in [0.05, 0.1) is 5.75 Å². The Morgan fingerprint density at radius 2 is 2.06 bits per heavy atom. The molecule has 1 aliphatic rings. The minimum Gasteiger partial charge on any atom is -0.369 e. The van der Waals surface area contributed by atoms with Crippen molar-refractivity contribution in [3.8, 4) is 0 Å². The summed E-state index contributed by atoms with van der Waals surface area (Å²) in [5.74, 6) is 1.33. The third-order valence-corrected chi connectivity index (χ3v) is 4.16. The van der Waals surface area contributed by atoms with Crippen LogP contribution in [0.25, 0.3) is 0 Å². The smallest absolute Gasteiger partial charge is 0.227 e. The summed E-state index contributed by atoms with van der Waals surface area (Å²) in [6, 6.07) is 0.345. The van der Waals surface area contributed by atoms with E-state index < -0.39 is 0 Å². The van der Waals surface area contributed by atoms with E-state index in [1.54, 1.807) is 0 Å². The van der Waals surface area contributed by atoms with Crippen molar-refractivity contribution in [3.05, 3.63) is 0 Å². The Bertz CT molecular complexity index is 271. The van der Waals surface area contributed by atoms with Crippen molar-refractivity contribution >= 4 is 23.6 Å². The lowest BCUT2D eigenvalue weighted by molar-refractivity contribution is -0.122. The third kappa shape index (κ3) is 5.96. The van der Waals surface area contributed by atoms with Crippen molar-refractivity contribution in [2.24, 2.45) is 11.7 Å². The summed E-state index contributed by atoms with van der Waals surface area (Å²) in [5.41, 5.74) is 5.02. The van der Waals surface area contributed by atoms with Crippen LogP contribution in [0.1, 0.15) is 39.0 Å². The molecule has 0 unspecified atom stereocenters. The maximum absolute atomic E-state index is 11.7. The van der Waals surface area contributed by atoms with E-state index in [9.17, 15) is 9.59 Å². The fraction of sp³-hybridized carbons (Fsp3) is 0.833. The molecule has 4 nitrogen and oxygen atoms in total. The second kappa shape index (κ2) is 7.58. The zero-order valence-electron chi connectivity index (χ0n) is 10.4. The summed E-state index contributed by atoms with van der Waals surface area (Å²) in [6.07, 6.45) is 5.28. The largest absolute Gasteiger partial charge is 0.369 e. The molecule has 98 valence electrons. The summed E-state index contributed by atoms with van der Waals surface area (Å²) in [4.78, 5) is 22.2. The Morgan fingerprint density at radius 1 is 1.35 bits per heavy atom. The molecule has 1 rings (SSSR count). The fourth-order valence-corrected chi connectivity index (χ4v) is 2.82. The van der Waals surface area contributed by atoms with Crippen LogP contribution in [0, 0.1) is 5.92 Å². The van der Waals surface area contributed by atoms with Gasteiger partial charge >= 0.3 is 0 Å². The first kappa shape index (κ1) is 14.4. The number of nitrogens with two attached hydrogens (primary N) is 1. The number of hydrogen-bond donors (Lipinski definition) is 2. The lowest BCUT2D eigenvalue weighted by Gasteiger charge is -2.29. The monoisotopic (exact) mass is 258 g/mol. The van der Waals surface area contributed by atoms with Gasteiger partial charge in [-0.3, -0.25) is 9.59 Å². The molecule has 0 heterocycles. The minimum absolute atomic E-state index is 0.0979. The molecular formula is C12H22N2O2S. The van der Waals surface area contributed by atoms with Crippen molar-refractivity contribution in [2.75, 3.05) is 11.5 Å². The van der Waals surface area contributed by atoms with Crippen LogP contribution in [-0.2, 0) is 9.59 Å². The number of carbonyl (C=O) groups is 2. The van der Waals surface area contributed by atoms with Crippen LogP contribution in [0.15, 0.2) is 0 Å². The highest BCUT2D eigenvalue weighted by molar-refractivity contribution is 7.99. The second-order valence-electron chi connectivity index (χ2n) is 4.70. The fourth-order valence-electron chi connectivity index (χ4n) is 2.15. The highest BCUT2D eigenvalue weighted by atomic mass is 32.2. The molecule has 5 heteroatoms. The van der Waals surface area contributed by atoms with E-state index in [0.717, 1.165) is 6.42 Å². The number of rotatable bonds is 6. The van der Waals surface area contributed by atoms with E-state index in [1.165, 1.54) is 31.0 Å². The van der Waals surface area contributed by atoms with Gasteiger partial charge in [0.2, 0.25) is 11.8 Å². The Kier molecular flexibility index (Phi) is 6.40. The van der Waals surface area contributed by atoms with Crippen molar-refractivity contribution in [3.63, 3.8) is 0 Å². The van der Waals surface area contributed by atoms with Gasteiger partial charge < -0.3 is 11.1 Å². The zero-order chi connectivity index (χ0) is 12.7. The molecule has 0 radical (unpaired) electrons. The van der Waals surface area contributed by atoms with Crippen molar-refractivity contribution in [1.29, 1.82) is 0 Å². The van der Waals surface area contributed by atoms with Gasteiger partial charge in [0.15, 0.2) is 0 Å². The highest BCUT2D eigenvalue weighted by Crippen LogP contribution is 2.23. The molecular weight excluding hydrogens is 236 g/mol. The molecule has 2 amide bonds. The van der Waals surface area contributed by atoms with Gasteiger partial charge in [0, 0.05) is 18.2 Å². The topological polar surface area (TPSA) is 72.2 Å². The molecule has 0 aromatic heterocycles. The number of thioether (sulfide) groups is 1. The van der Waals surface area contributed by atoms with E-state index in [2.05, 4.69) is 12.2 Å². The van der Waals surface area contributed by atoms with Gasteiger partial charge in [0.25, 0.3) is 0 Å². The Morgan fingerprint density at radius 3 is 2.71 bits per heavy atom. The van der Waals surface area contributed by atoms with E-state index in [0.29, 0.717) is 29.9 Å². The van der Waals surface area contributed by atoms with Crippen molar-refractivity contribution in [2.45, 2.75) is 45.1 Å². The quantitative estimate of drug-likeness (QED) is 0.705. The normalized spacial score (nSPS) is 24.3. The minimum atomic E-state index is -0.323. The zero-order valence-corrected chi connectivity index (χ0v) is 11.2. The molecule has 1 aliphatic carbocycles. The Labute approximate surface area is 107 Å². The van der Waals surface area contributed by atoms with E-state index in [4.69, 9.17) is 5.73 Å². The van der Waals surface area contributed by atoms with Gasteiger partial charge in [-0.15, -0.1) is 0 Å². The average molecular weight is 258 g/mol. The first-order valence-electron chi connectivity index (χ1n) is 6.25. The van der Waals surface area contributed by atoms with Crippen LogP contribution in [0.2, 0.25) is 0 Å². The van der Waals surface area contributed by atoms with Crippen LogP contribution in [0.4, 0.5) is 0 Å². The molecule has 3 N–H and O–H groups in total. The molecule has 0 saturated heterocycles. The van der Waals surface area contributed by atoms with Crippen molar-refractivity contribution in [1.82, 2.24) is 5.32 Å². The average Bonchev–Trinajstić information content (AvgIpc) is 2.27. The van der Waals surface area contributed by atoms with Gasteiger partial charge in [-0.05, 0) is 18.8 Å². The first-order valence-corrected chi connectivity index (χ1v) is 7.40. The SMILES string of the molecule is C[C@@H]1CCCC[C@@H]1NC(=O)CCSCC(N)=O. The third-order valence-electron chi connectivity index (χ3n) is 3.18. The van der Waals surface area contributed by atoms with Crippen LogP contribution in [0.5, 0.6) is 0 Å². The molecule has 0 bridgehead atoms. The lowest BCUT2D eigenvalue weighted by Crippen LogP contribution is -2.41. The number of nitrogens with one attached hydrogen (secondary N) is 1. The Hall–Kier alpha value is -0.710. The predicted molar refractivity (Wildman–Crippen MR) is 70.7 cm³/mol. The lowest BCUT2D eigenvalue weighted by atomic mass is 9.86. The van der Waals surface area contributed by atoms with Crippen molar-refractivity contribution < 1.29 is 9.59 Å². The number of amides is 2. The van der Waals surface area contributed by atoms with Gasteiger partial charge in [0.1, 0.15) is 0 Å². The number of hydrogen-bond acceptors (Lipinski definition) is 3. The van der Waals surface area contributed by atoms with Gasteiger partial charge in [-0.2, -0.15) is 11.8 Å². The first-order chi connectivity index (χ1) is 8.09. The van der Waals surface area contributed by atoms with Crippen LogP contribution < -0.4 is 11.1 Å². The summed E-state index contributed by atoms with van der Waals surface area (Å²) >= 11 is 1.42. The molecule has 0 spiro atoms. The van der Waals surface area contributed by atoms with Crippen LogP contribution >= 0.6 is 11.8 Å². The van der Waals surface area contributed by atoms with E-state index >= 15 is 0 Å².